The molecule has 0 unspecified atom stereocenters. The largest absolute Gasteiger partial charge is 0.481 e. The Labute approximate surface area is 109 Å². The maximum absolute atomic E-state index is 10.5. The molecule has 0 saturated carbocycles. The molecular formula is C13H14N2O2S. The van der Waals surface area contributed by atoms with Crippen molar-refractivity contribution in [1.29, 1.82) is 0 Å². The molecule has 18 heavy (non-hydrogen) atoms. The predicted molar refractivity (Wildman–Crippen MR) is 71.9 cm³/mol. The number of hydrogen-bond donors (Lipinski definition) is 2. The number of nitrogens with one attached hydrogen (secondary N) is 1. The number of imidazole rings is 1. The van der Waals surface area contributed by atoms with Gasteiger partial charge in [-0.15, -0.1) is 0 Å². The first kappa shape index (κ1) is 12.7. The molecule has 0 radical (unpaired) electrons. The molecule has 0 amide bonds. The summed E-state index contributed by atoms with van der Waals surface area (Å²) in [5.74, 6) is -0.830. The second-order valence-electron chi connectivity index (χ2n) is 4.08. The Hall–Kier alpha value is -1.75. The van der Waals surface area contributed by atoms with E-state index in [1.165, 1.54) is 22.9 Å². The second-order valence-corrected chi connectivity index (χ2v) is 5.05. The maximum atomic E-state index is 10.5. The highest BCUT2D eigenvalue weighted by Gasteiger charge is 2.06. The number of hydrogen-bond acceptors (Lipinski definition) is 3. The van der Waals surface area contributed by atoms with Gasteiger partial charge in [0.05, 0.1) is 17.6 Å². The van der Waals surface area contributed by atoms with Crippen molar-refractivity contribution in [2.75, 3.05) is 5.75 Å². The van der Waals surface area contributed by atoms with Crippen LogP contribution >= 0.6 is 11.8 Å². The minimum Gasteiger partial charge on any atom is -0.481 e. The lowest BCUT2D eigenvalue weighted by atomic mass is 10.1. The molecule has 0 aliphatic carbocycles. The lowest BCUT2D eigenvalue weighted by Gasteiger charge is -2.02. The van der Waals surface area contributed by atoms with E-state index in [-0.39, 0.29) is 5.75 Å². The number of H-pyrrole nitrogens is 1. The zero-order valence-corrected chi connectivity index (χ0v) is 11.0. The van der Waals surface area contributed by atoms with Crippen molar-refractivity contribution in [2.45, 2.75) is 19.0 Å². The molecule has 2 aromatic rings. The first-order chi connectivity index (χ1) is 8.56. The Morgan fingerprint density at radius 1 is 1.39 bits per heavy atom. The molecule has 1 heterocycles. The van der Waals surface area contributed by atoms with Crippen LogP contribution in [0.3, 0.4) is 0 Å². The minimum atomic E-state index is -0.843. The third kappa shape index (κ3) is 2.92. The van der Waals surface area contributed by atoms with Crippen LogP contribution in [0.1, 0.15) is 11.1 Å². The van der Waals surface area contributed by atoms with Crippen LogP contribution in [0, 0.1) is 13.8 Å². The molecule has 0 aliphatic heterocycles. The standard InChI is InChI=1S/C13H14N2O2S/c1-8-3-4-10(5-9(8)2)11-6-14-13(15-11)18-7-12(16)17/h3-6H,7H2,1-2H3,(H,14,15)(H,16,17). The normalized spacial score (nSPS) is 10.6. The van der Waals surface area contributed by atoms with E-state index in [1.54, 1.807) is 6.20 Å². The predicted octanol–water partition coefficient (Wildman–Crippen LogP) is 2.87. The third-order valence-corrected chi connectivity index (χ3v) is 3.57. The summed E-state index contributed by atoms with van der Waals surface area (Å²) < 4.78 is 0. The number of carboxylic acid groups (broad SMARTS) is 1. The van der Waals surface area contributed by atoms with Gasteiger partial charge < -0.3 is 10.1 Å². The van der Waals surface area contributed by atoms with Crippen molar-refractivity contribution >= 4 is 17.7 Å². The zero-order chi connectivity index (χ0) is 13.1. The summed E-state index contributed by atoms with van der Waals surface area (Å²) in [6.07, 6.45) is 1.73. The summed E-state index contributed by atoms with van der Waals surface area (Å²) in [4.78, 5) is 17.7. The Balaban J connectivity index is 2.18. The summed E-state index contributed by atoms with van der Waals surface area (Å²) in [6, 6.07) is 6.19. The van der Waals surface area contributed by atoms with Gasteiger partial charge in [0.15, 0.2) is 5.16 Å². The fourth-order valence-corrected chi connectivity index (χ4v) is 2.13. The molecule has 1 aromatic heterocycles. The highest BCUT2D eigenvalue weighted by molar-refractivity contribution is 7.99. The van der Waals surface area contributed by atoms with Crippen LogP contribution in [0.25, 0.3) is 11.3 Å². The number of carboxylic acids is 1. The van der Waals surface area contributed by atoms with Gasteiger partial charge in [0, 0.05) is 0 Å². The van der Waals surface area contributed by atoms with Crippen LogP contribution in [0.2, 0.25) is 0 Å². The molecule has 94 valence electrons. The molecule has 0 aliphatic rings. The van der Waals surface area contributed by atoms with Gasteiger partial charge in [0.1, 0.15) is 0 Å². The highest BCUT2D eigenvalue weighted by atomic mass is 32.2. The number of aryl methyl sites for hydroxylation is 2. The monoisotopic (exact) mass is 262 g/mol. The van der Waals surface area contributed by atoms with Crippen molar-refractivity contribution in [3.05, 3.63) is 35.5 Å². The lowest BCUT2D eigenvalue weighted by Crippen LogP contribution is -1.97. The highest BCUT2D eigenvalue weighted by Crippen LogP contribution is 2.23. The van der Waals surface area contributed by atoms with Crippen LogP contribution in [0.15, 0.2) is 29.6 Å². The molecule has 0 spiro atoms. The Morgan fingerprint density at radius 3 is 2.83 bits per heavy atom. The van der Waals surface area contributed by atoms with Crippen molar-refractivity contribution in [3.63, 3.8) is 0 Å². The zero-order valence-electron chi connectivity index (χ0n) is 10.2. The number of nitrogens with zero attached hydrogens (tertiary/aromatic N) is 1. The number of benzene rings is 1. The summed E-state index contributed by atoms with van der Waals surface area (Å²) in [5, 5.41) is 9.23. The van der Waals surface area contributed by atoms with Crippen molar-refractivity contribution in [2.24, 2.45) is 0 Å². The van der Waals surface area contributed by atoms with Crippen molar-refractivity contribution in [1.82, 2.24) is 9.97 Å². The molecule has 0 bridgehead atoms. The summed E-state index contributed by atoms with van der Waals surface area (Å²) in [7, 11) is 0. The number of aromatic amines is 1. The van der Waals surface area contributed by atoms with E-state index in [2.05, 4.69) is 35.9 Å². The van der Waals surface area contributed by atoms with Crippen molar-refractivity contribution < 1.29 is 9.90 Å². The maximum Gasteiger partial charge on any atom is 0.313 e. The first-order valence-electron chi connectivity index (χ1n) is 5.53. The Morgan fingerprint density at radius 2 is 2.17 bits per heavy atom. The van der Waals surface area contributed by atoms with E-state index in [4.69, 9.17) is 5.11 Å². The molecule has 1 aromatic carbocycles. The SMILES string of the molecule is Cc1ccc(-c2cnc(SCC(=O)O)[nH]2)cc1C. The topological polar surface area (TPSA) is 66.0 Å². The van der Waals surface area contributed by atoms with Crippen LogP contribution in [-0.4, -0.2) is 26.8 Å². The summed E-state index contributed by atoms with van der Waals surface area (Å²) >= 11 is 1.19. The number of carbonyl (C=O) groups is 1. The Bertz CT molecular complexity index is 578. The van der Waals surface area contributed by atoms with Gasteiger partial charge >= 0.3 is 5.97 Å². The summed E-state index contributed by atoms with van der Waals surface area (Å²) in [5.41, 5.74) is 4.44. The molecule has 5 heteroatoms. The smallest absolute Gasteiger partial charge is 0.313 e. The van der Waals surface area contributed by atoms with Gasteiger partial charge in [-0.25, -0.2) is 4.98 Å². The van der Waals surface area contributed by atoms with Crippen molar-refractivity contribution in [3.8, 4) is 11.3 Å². The van der Waals surface area contributed by atoms with E-state index in [0.29, 0.717) is 5.16 Å². The van der Waals surface area contributed by atoms with Crippen LogP contribution in [0.4, 0.5) is 0 Å². The van der Waals surface area contributed by atoms with Gasteiger partial charge in [-0.2, -0.15) is 0 Å². The second kappa shape index (κ2) is 5.27. The number of aliphatic carboxylic acids is 1. The Kier molecular flexibility index (Phi) is 3.72. The van der Waals surface area contributed by atoms with Crippen LogP contribution < -0.4 is 0 Å². The summed E-state index contributed by atoms with van der Waals surface area (Å²) in [6.45, 7) is 4.13. The number of aromatic nitrogens is 2. The van der Waals surface area contributed by atoms with Gasteiger partial charge in [-0.3, -0.25) is 4.79 Å². The van der Waals surface area contributed by atoms with E-state index in [1.807, 2.05) is 6.07 Å². The van der Waals surface area contributed by atoms with E-state index >= 15 is 0 Å². The average molecular weight is 262 g/mol. The first-order valence-corrected chi connectivity index (χ1v) is 6.52. The molecule has 0 atom stereocenters. The molecule has 2 rings (SSSR count). The van der Waals surface area contributed by atoms with Gasteiger partial charge in [0.2, 0.25) is 0 Å². The number of thioether (sulfide) groups is 1. The minimum absolute atomic E-state index is 0.0138. The third-order valence-electron chi connectivity index (χ3n) is 2.70. The molecular weight excluding hydrogens is 248 g/mol. The fraction of sp³-hybridized carbons (Fsp3) is 0.231. The average Bonchev–Trinajstić information content (AvgIpc) is 2.79. The van der Waals surface area contributed by atoms with E-state index in [9.17, 15) is 4.79 Å². The van der Waals surface area contributed by atoms with Gasteiger partial charge in [-0.1, -0.05) is 23.9 Å². The number of rotatable bonds is 4. The molecule has 0 saturated heterocycles. The van der Waals surface area contributed by atoms with Crippen LogP contribution in [-0.2, 0) is 4.79 Å². The molecule has 2 N–H and O–H groups in total. The quantitative estimate of drug-likeness (QED) is 0.831. The van der Waals surface area contributed by atoms with E-state index < -0.39 is 5.97 Å². The molecule has 0 fully saturated rings. The fourth-order valence-electron chi connectivity index (χ4n) is 1.56. The molecule has 4 nitrogen and oxygen atoms in total. The van der Waals surface area contributed by atoms with Gasteiger partial charge in [0.25, 0.3) is 0 Å². The van der Waals surface area contributed by atoms with Crippen LogP contribution in [0.5, 0.6) is 0 Å². The lowest BCUT2D eigenvalue weighted by molar-refractivity contribution is -0.133. The van der Waals surface area contributed by atoms with E-state index in [0.717, 1.165) is 11.3 Å². The van der Waals surface area contributed by atoms with Gasteiger partial charge in [-0.05, 0) is 36.6 Å².